The van der Waals surface area contributed by atoms with Gasteiger partial charge in [-0.3, -0.25) is 4.57 Å². The molecule has 0 atom stereocenters. The topological polar surface area (TPSA) is 17.8 Å². The zero-order valence-electron chi connectivity index (χ0n) is 28.8. The van der Waals surface area contributed by atoms with E-state index in [1.54, 1.807) is 0 Å². The summed E-state index contributed by atoms with van der Waals surface area (Å²) in [6, 6.07) is 62.9. The number of fused-ring (bicyclic) bond motifs is 6. The Morgan fingerprint density at radius 2 is 1.10 bits per heavy atom. The summed E-state index contributed by atoms with van der Waals surface area (Å²) in [7, 11) is 0. The minimum Gasteiger partial charge on any atom is -0.291 e. The number of hydrogen-bond donors (Lipinski definition) is 0. The summed E-state index contributed by atoms with van der Waals surface area (Å²) >= 11 is 1.85. The van der Waals surface area contributed by atoms with Crippen LogP contribution < -0.4 is 0 Å². The molecule has 240 valence electrons. The van der Waals surface area contributed by atoms with Crippen molar-refractivity contribution in [1.29, 1.82) is 0 Å². The molecule has 2 heterocycles. The molecule has 0 amide bonds. The molecular formula is C48H32N2S. The number of imidazole rings is 1. The van der Waals surface area contributed by atoms with Crippen molar-refractivity contribution < 1.29 is 1.37 Å². The SMILES string of the molecule is [2H]Cc1ccc(-c2cc3sc4c(-c5nc6ccccc6n5-c5c(-c6ccccc6)cccc5-c5ccccc5)cccc4c3c3ccccc23)cc1. The van der Waals surface area contributed by atoms with Gasteiger partial charge in [0.05, 0.1) is 16.7 Å². The number of nitrogens with zero attached hydrogens (tertiary/aromatic N) is 2. The lowest BCUT2D eigenvalue weighted by Gasteiger charge is -2.20. The maximum atomic E-state index is 7.82. The minimum atomic E-state index is 0.284. The third-order valence-corrected chi connectivity index (χ3v) is 11.2. The summed E-state index contributed by atoms with van der Waals surface area (Å²) in [6.45, 7) is 0.284. The normalized spacial score (nSPS) is 11.9. The molecule has 0 saturated carbocycles. The molecule has 0 unspecified atom stereocenters. The summed E-state index contributed by atoms with van der Waals surface area (Å²) in [4.78, 5) is 5.45. The van der Waals surface area contributed by atoms with E-state index in [0.29, 0.717) is 0 Å². The van der Waals surface area contributed by atoms with Crippen molar-refractivity contribution in [3.05, 3.63) is 181 Å². The summed E-state index contributed by atoms with van der Waals surface area (Å²) < 4.78 is 12.7. The smallest absolute Gasteiger partial charge is 0.147 e. The molecule has 10 aromatic rings. The number of para-hydroxylation sites is 3. The van der Waals surface area contributed by atoms with Gasteiger partial charge >= 0.3 is 0 Å². The van der Waals surface area contributed by atoms with Crippen LogP contribution in [0.5, 0.6) is 0 Å². The van der Waals surface area contributed by atoms with Gasteiger partial charge in [-0.2, -0.15) is 0 Å². The van der Waals surface area contributed by atoms with E-state index in [1.807, 2.05) is 11.3 Å². The van der Waals surface area contributed by atoms with Crippen LogP contribution in [0.25, 0.3) is 92.4 Å². The maximum Gasteiger partial charge on any atom is 0.147 e. The average molecular weight is 670 g/mol. The molecule has 0 aliphatic carbocycles. The summed E-state index contributed by atoms with van der Waals surface area (Å²) in [5.74, 6) is 0.925. The van der Waals surface area contributed by atoms with Crippen LogP contribution in [0.1, 0.15) is 6.93 Å². The van der Waals surface area contributed by atoms with Crippen molar-refractivity contribution in [2.24, 2.45) is 0 Å². The molecule has 0 N–H and O–H groups in total. The van der Waals surface area contributed by atoms with Gasteiger partial charge in [-0.15, -0.1) is 11.3 Å². The Labute approximate surface area is 301 Å². The lowest BCUT2D eigenvalue weighted by Crippen LogP contribution is -2.03. The van der Waals surface area contributed by atoms with Crippen LogP contribution in [0.2, 0.25) is 0 Å². The van der Waals surface area contributed by atoms with E-state index in [4.69, 9.17) is 6.35 Å². The van der Waals surface area contributed by atoms with E-state index in [0.717, 1.165) is 55.9 Å². The third-order valence-electron chi connectivity index (χ3n) is 10.0. The highest BCUT2D eigenvalue weighted by Gasteiger charge is 2.24. The van der Waals surface area contributed by atoms with E-state index in [1.165, 1.54) is 42.1 Å². The molecule has 8 aromatic carbocycles. The molecule has 0 aliphatic heterocycles. The molecule has 0 bridgehead atoms. The molecule has 10 rings (SSSR count). The van der Waals surface area contributed by atoms with Crippen LogP contribution in [0.3, 0.4) is 0 Å². The monoisotopic (exact) mass is 669 g/mol. The zero-order valence-corrected chi connectivity index (χ0v) is 28.6. The molecule has 51 heavy (non-hydrogen) atoms. The van der Waals surface area contributed by atoms with Gasteiger partial charge in [-0.25, -0.2) is 4.98 Å². The maximum absolute atomic E-state index is 7.82. The Balaban J connectivity index is 1.29. The highest BCUT2D eigenvalue weighted by molar-refractivity contribution is 7.26. The summed E-state index contributed by atoms with van der Waals surface area (Å²) in [5, 5.41) is 5.00. The zero-order chi connectivity index (χ0) is 34.6. The number of rotatable bonds is 5. The molecular weight excluding hydrogens is 637 g/mol. The highest BCUT2D eigenvalue weighted by Crippen LogP contribution is 2.47. The van der Waals surface area contributed by atoms with Crippen molar-refractivity contribution in [1.82, 2.24) is 9.55 Å². The van der Waals surface area contributed by atoms with Gasteiger partial charge < -0.3 is 0 Å². The van der Waals surface area contributed by atoms with E-state index < -0.39 is 0 Å². The van der Waals surface area contributed by atoms with Gasteiger partial charge in [0.15, 0.2) is 0 Å². The first-order valence-electron chi connectivity index (χ1n) is 17.9. The molecule has 0 spiro atoms. The van der Waals surface area contributed by atoms with Crippen molar-refractivity contribution >= 4 is 53.3 Å². The molecule has 0 aliphatic rings. The first kappa shape index (κ1) is 28.5. The minimum absolute atomic E-state index is 0.284. The lowest BCUT2D eigenvalue weighted by atomic mass is 9.94. The Hall–Kier alpha value is -6.29. The van der Waals surface area contributed by atoms with Gasteiger partial charge in [0.2, 0.25) is 0 Å². The Kier molecular flexibility index (Phi) is 6.68. The van der Waals surface area contributed by atoms with Crippen LogP contribution in [0.4, 0.5) is 0 Å². The van der Waals surface area contributed by atoms with E-state index in [9.17, 15) is 0 Å². The van der Waals surface area contributed by atoms with Crippen LogP contribution in [-0.4, -0.2) is 9.55 Å². The van der Waals surface area contributed by atoms with Crippen LogP contribution >= 0.6 is 11.3 Å². The Morgan fingerprint density at radius 1 is 0.510 bits per heavy atom. The van der Waals surface area contributed by atoms with Gasteiger partial charge in [-0.05, 0) is 64.2 Å². The fourth-order valence-electron chi connectivity index (χ4n) is 7.68. The lowest BCUT2D eigenvalue weighted by molar-refractivity contribution is 1.11. The van der Waals surface area contributed by atoms with Gasteiger partial charge in [0.1, 0.15) is 5.82 Å². The fourth-order valence-corrected chi connectivity index (χ4v) is 8.95. The van der Waals surface area contributed by atoms with Crippen molar-refractivity contribution in [2.75, 3.05) is 0 Å². The molecule has 3 heteroatoms. The largest absolute Gasteiger partial charge is 0.291 e. The summed E-state index contributed by atoms with van der Waals surface area (Å²) in [6.07, 6.45) is 0. The second-order valence-electron chi connectivity index (χ2n) is 13.0. The van der Waals surface area contributed by atoms with Gasteiger partial charge in [-0.1, -0.05) is 157 Å². The van der Waals surface area contributed by atoms with Crippen LogP contribution in [0.15, 0.2) is 176 Å². The van der Waals surface area contributed by atoms with Crippen LogP contribution in [0, 0.1) is 6.90 Å². The fraction of sp³-hybridized carbons (Fsp3) is 0.0208. The molecule has 0 fully saturated rings. The van der Waals surface area contributed by atoms with Crippen molar-refractivity contribution in [3.63, 3.8) is 0 Å². The molecule has 0 radical (unpaired) electrons. The van der Waals surface area contributed by atoms with Crippen LogP contribution in [-0.2, 0) is 0 Å². The molecule has 2 nitrogen and oxygen atoms in total. The number of hydrogen-bond acceptors (Lipinski definition) is 2. The third kappa shape index (κ3) is 4.81. The standard InChI is InChI=1S/C48H32N2S/c1-31-26-28-34(29-27-31)41-30-44-45(38-19-9-8-18-37(38)41)39-22-13-23-40(47(39)51-44)48-49-42-24-10-11-25-43(42)50(48)46-35(32-14-4-2-5-15-32)20-12-21-36(46)33-16-6-3-7-17-33/h2-30H,1H3/i1D. The predicted molar refractivity (Wildman–Crippen MR) is 218 cm³/mol. The summed E-state index contributed by atoms with van der Waals surface area (Å²) in [5.41, 5.74) is 12.3. The Morgan fingerprint density at radius 3 is 1.82 bits per heavy atom. The van der Waals surface area contributed by atoms with Gasteiger partial charge in [0.25, 0.3) is 0 Å². The predicted octanol–water partition coefficient (Wildman–Crippen LogP) is 13.5. The number of aromatic nitrogens is 2. The highest BCUT2D eigenvalue weighted by atomic mass is 32.1. The van der Waals surface area contributed by atoms with E-state index >= 15 is 0 Å². The van der Waals surface area contributed by atoms with E-state index in [-0.39, 0.29) is 6.90 Å². The second-order valence-corrected chi connectivity index (χ2v) is 14.1. The van der Waals surface area contributed by atoms with E-state index in [2.05, 4.69) is 180 Å². The quantitative estimate of drug-likeness (QED) is 0.178. The van der Waals surface area contributed by atoms with Gasteiger partial charge in [0, 0.05) is 38.2 Å². The number of benzene rings is 8. The molecule has 2 aromatic heterocycles. The molecule has 0 saturated heterocycles. The second kappa shape index (κ2) is 11.9. The Bertz CT molecular complexity index is 2870. The van der Waals surface area contributed by atoms with Crippen molar-refractivity contribution in [2.45, 2.75) is 6.90 Å². The van der Waals surface area contributed by atoms with Crippen molar-refractivity contribution in [3.8, 4) is 50.5 Å². The number of thiophene rings is 1. The first-order valence-corrected chi connectivity index (χ1v) is 18.1. The average Bonchev–Trinajstić information content (AvgIpc) is 3.80. The number of aryl methyl sites for hydroxylation is 1. The first-order chi connectivity index (χ1) is 25.8.